The fraction of sp³-hybridized carbons (Fsp3) is 0.480. The van der Waals surface area contributed by atoms with Gasteiger partial charge in [0.1, 0.15) is 5.75 Å². The number of carbonyl (C=O) groups excluding carboxylic acids is 1. The van der Waals surface area contributed by atoms with E-state index in [0.717, 1.165) is 37.8 Å². The minimum atomic E-state index is -3.66. The molecule has 1 saturated carbocycles. The molecule has 10 heteroatoms. The summed E-state index contributed by atoms with van der Waals surface area (Å²) in [6, 6.07) is 6.53. The van der Waals surface area contributed by atoms with Gasteiger partial charge in [0.2, 0.25) is 10.0 Å². The number of pyridine rings is 1. The summed E-state index contributed by atoms with van der Waals surface area (Å²) in [7, 11) is -2.16. The molecule has 35 heavy (non-hydrogen) atoms. The van der Waals surface area contributed by atoms with Crippen LogP contribution >= 0.6 is 0 Å². The first-order valence-corrected chi connectivity index (χ1v) is 13.6. The van der Waals surface area contributed by atoms with Crippen molar-refractivity contribution in [3.05, 3.63) is 41.7 Å². The molecule has 0 atom stereocenters. The molecule has 0 bridgehead atoms. The minimum absolute atomic E-state index is 0.0992. The van der Waals surface area contributed by atoms with E-state index in [2.05, 4.69) is 10.4 Å². The molecule has 0 radical (unpaired) electrons. The number of ether oxygens (including phenoxy) is 1. The number of anilines is 1. The highest BCUT2D eigenvalue weighted by Gasteiger charge is 2.29. The van der Waals surface area contributed by atoms with Gasteiger partial charge in [-0.2, -0.15) is 9.40 Å². The van der Waals surface area contributed by atoms with Crippen molar-refractivity contribution >= 4 is 32.7 Å². The highest BCUT2D eigenvalue weighted by molar-refractivity contribution is 7.89. The van der Waals surface area contributed by atoms with Crippen LogP contribution < -0.4 is 10.1 Å². The molecule has 186 valence electrons. The monoisotopic (exact) mass is 497 g/mol. The number of amides is 1. The van der Waals surface area contributed by atoms with E-state index in [-0.39, 0.29) is 16.8 Å². The number of rotatable bonds is 7. The Balaban J connectivity index is 1.52. The van der Waals surface area contributed by atoms with Crippen molar-refractivity contribution in [2.75, 3.05) is 25.5 Å². The van der Waals surface area contributed by atoms with Crippen molar-refractivity contribution in [2.24, 2.45) is 0 Å². The summed E-state index contributed by atoms with van der Waals surface area (Å²) < 4.78 is 35.2. The average Bonchev–Trinajstić information content (AvgIpc) is 3.62. The van der Waals surface area contributed by atoms with Crippen LogP contribution in [0.5, 0.6) is 5.75 Å². The molecule has 1 aliphatic carbocycles. The molecule has 1 N–H and O–H groups in total. The molecule has 1 amide bonds. The number of hydrogen-bond acceptors (Lipinski definition) is 6. The summed E-state index contributed by atoms with van der Waals surface area (Å²) >= 11 is 0. The summed E-state index contributed by atoms with van der Waals surface area (Å²) in [5.41, 5.74) is 2.35. The number of carbonyl (C=O) groups is 1. The lowest BCUT2D eigenvalue weighted by Gasteiger charge is -2.26. The maximum Gasteiger partial charge on any atom is 0.256 e. The van der Waals surface area contributed by atoms with Crippen molar-refractivity contribution in [3.63, 3.8) is 0 Å². The molecule has 1 aromatic carbocycles. The van der Waals surface area contributed by atoms with Gasteiger partial charge >= 0.3 is 0 Å². The largest absolute Gasteiger partial charge is 0.495 e. The van der Waals surface area contributed by atoms with Crippen LogP contribution in [-0.4, -0.2) is 53.6 Å². The van der Waals surface area contributed by atoms with Crippen LogP contribution in [0.25, 0.3) is 11.0 Å². The van der Waals surface area contributed by atoms with E-state index >= 15 is 0 Å². The predicted molar refractivity (Wildman–Crippen MR) is 133 cm³/mol. The highest BCUT2D eigenvalue weighted by atomic mass is 32.2. The van der Waals surface area contributed by atoms with Crippen molar-refractivity contribution in [1.82, 2.24) is 19.1 Å². The van der Waals surface area contributed by atoms with Crippen LogP contribution in [0.4, 0.5) is 5.69 Å². The lowest BCUT2D eigenvalue weighted by atomic mass is 10.1. The molecular formula is C25H31N5O4S. The zero-order valence-corrected chi connectivity index (χ0v) is 21.1. The third kappa shape index (κ3) is 4.52. The smallest absolute Gasteiger partial charge is 0.256 e. The lowest BCUT2D eigenvalue weighted by molar-refractivity contribution is 0.102. The molecule has 2 aromatic heterocycles. The Labute approximate surface area is 205 Å². The molecule has 3 heterocycles. The van der Waals surface area contributed by atoms with Crippen molar-refractivity contribution < 1.29 is 17.9 Å². The van der Waals surface area contributed by atoms with E-state index in [1.54, 1.807) is 12.3 Å². The standard InChI is InChI=1S/C25H31N5O4S/c1-16(2)30-24-20(15-26-30)19(14-21(27-24)17-7-8-17)25(31)28-22-13-18(9-10-23(22)34-3)35(32,33)29-11-5-4-6-12-29/h9-10,13-17H,4-8,11-12H2,1-3H3,(H,28,31). The first-order valence-electron chi connectivity index (χ1n) is 12.2. The molecule has 1 aliphatic heterocycles. The maximum absolute atomic E-state index is 13.5. The topological polar surface area (TPSA) is 106 Å². The Morgan fingerprint density at radius 3 is 2.54 bits per heavy atom. The van der Waals surface area contributed by atoms with Crippen LogP contribution in [0.1, 0.15) is 74.0 Å². The first kappa shape index (κ1) is 23.7. The van der Waals surface area contributed by atoms with Gasteiger partial charge in [-0.3, -0.25) is 4.79 Å². The number of hydrogen-bond donors (Lipinski definition) is 1. The Morgan fingerprint density at radius 1 is 1.14 bits per heavy atom. The van der Waals surface area contributed by atoms with Crippen LogP contribution in [0.15, 0.2) is 35.4 Å². The Morgan fingerprint density at radius 2 is 1.89 bits per heavy atom. The van der Waals surface area contributed by atoms with Crippen LogP contribution in [-0.2, 0) is 10.0 Å². The zero-order chi connectivity index (χ0) is 24.7. The van der Waals surface area contributed by atoms with Gasteiger partial charge in [-0.15, -0.1) is 0 Å². The van der Waals surface area contributed by atoms with Crippen molar-refractivity contribution in [2.45, 2.75) is 62.8 Å². The number of piperidine rings is 1. The maximum atomic E-state index is 13.5. The molecule has 0 unspecified atom stereocenters. The molecule has 2 fully saturated rings. The van der Waals surface area contributed by atoms with E-state index in [4.69, 9.17) is 9.72 Å². The number of fused-ring (bicyclic) bond motifs is 1. The van der Waals surface area contributed by atoms with Gasteiger partial charge in [-0.1, -0.05) is 6.42 Å². The number of nitrogens with zero attached hydrogens (tertiary/aromatic N) is 4. The SMILES string of the molecule is COc1ccc(S(=O)(=O)N2CCCCC2)cc1NC(=O)c1cc(C2CC2)nc2c1cnn2C(C)C. The summed E-state index contributed by atoms with van der Waals surface area (Å²) in [6.07, 6.45) is 6.52. The first-order chi connectivity index (χ1) is 16.8. The van der Waals surface area contributed by atoms with Crippen LogP contribution in [0, 0.1) is 0 Å². The Bertz CT molecular complexity index is 1370. The third-order valence-corrected chi connectivity index (χ3v) is 8.58. The fourth-order valence-electron chi connectivity index (χ4n) is 4.58. The molecule has 0 spiro atoms. The zero-order valence-electron chi connectivity index (χ0n) is 20.3. The van der Waals surface area contributed by atoms with E-state index in [1.165, 1.54) is 23.5 Å². The van der Waals surface area contributed by atoms with Crippen molar-refractivity contribution in [3.8, 4) is 5.75 Å². The van der Waals surface area contributed by atoms with Gasteiger partial charge in [0.15, 0.2) is 5.65 Å². The predicted octanol–water partition coefficient (Wildman–Crippen LogP) is 4.33. The summed E-state index contributed by atoms with van der Waals surface area (Å²) in [5, 5.41) is 8.02. The van der Waals surface area contributed by atoms with Gasteiger partial charge < -0.3 is 10.1 Å². The molecule has 2 aliphatic rings. The molecule has 1 saturated heterocycles. The summed E-state index contributed by atoms with van der Waals surface area (Å²) in [6.45, 7) is 5.07. The Kier molecular flexibility index (Phi) is 6.27. The van der Waals surface area contributed by atoms with E-state index < -0.39 is 10.0 Å². The van der Waals surface area contributed by atoms with Gasteiger partial charge in [0.25, 0.3) is 5.91 Å². The van der Waals surface area contributed by atoms with Crippen molar-refractivity contribution in [1.29, 1.82) is 0 Å². The molecule has 9 nitrogen and oxygen atoms in total. The number of methoxy groups -OCH3 is 1. The second kappa shape index (κ2) is 9.23. The second-order valence-electron chi connectivity index (χ2n) is 9.57. The second-order valence-corrected chi connectivity index (χ2v) is 11.5. The van der Waals surface area contributed by atoms with E-state index in [1.807, 2.05) is 24.6 Å². The normalized spacial score (nSPS) is 17.1. The van der Waals surface area contributed by atoms with Gasteiger partial charge in [-0.05, 0) is 63.8 Å². The van der Waals surface area contributed by atoms with Gasteiger partial charge in [-0.25, -0.2) is 18.1 Å². The lowest BCUT2D eigenvalue weighted by Crippen LogP contribution is -2.35. The van der Waals surface area contributed by atoms with E-state index in [0.29, 0.717) is 47.0 Å². The van der Waals surface area contributed by atoms with Crippen LogP contribution in [0.2, 0.25) is 0 Å². The summed E-state index contributed by atoms with van der Waals surface area (Å²) in [5.74, 6) is 0.393. The molecular weight excluding hydrogens is 466 g/mol. The van der Waals surface area contributed by atoms with E-state index in [9.17, 15) is 13.2 Å². The number of sulfonamides is 1. The molecule has 5 rings (SSSR count). The summed E-state index contributed by atoms with van der Waals surface area (Å²) in [4.78, 5) is 18.5. The highest BCUT2D eigenvalue weighted by Crippen LogP contribution is 2.40. The average molecular weight is 498 g/mol. The van der Waals surface area contributed by atoms with Gasteiger partial charge in [0.05, 0.1) is 34.8 Å². The Hall–Kier alpha value is -2.98. The number of benzene rings is 1. The number of nitrogens with one attached hydrogen (secondary N) is 1. The number of aromatic nitrogens is 3. The fourth-order valence-corrected chi connectivity index (χ4v) is 6.12. The minimum Gasteiger partial charge on any atom is -0.495 e. The molecule has 3 aromatic rings. The van der Waals surface area contributed by atoms with Crippen LogP contribution in [0.3, 0.4) is 0 Å². The quantitative estimate of drug-likeness (QED) is 0.521. The third-order valence-electron chi connectivity index (χ3n) is 6.69. The van der Waals surface area contributed by atoms with Gasteiger partial charge in [0, 0.05) is 30.7 Å².